The summed E-state index contributed by atoms with van der Waals surface area (Å²) in [4.78, 5) is 21.1. The van der Waals surface area contributed by atoms with Crippen LogP contribution in [0.15, 0.2) is 11.2 Å². The fourth-order valence-corrected chi connectivity index (χ4v) is 2.33. The molecule has 3 N–H and O–H groups in total. The van der Waals surface area contributed by atoms with Gasteiger partial charge in [-0.1, -0.05) is 0 Å². The number of carbonyl (C=O) groups is 1. The zero-order valence-corrected chi connectivity index (χ0v) is 16.3. The van der Waals surface area contributed by atoms with E-state index in [9.17, 15) is 4.79 Å². The number of hydrogen-bond acceptors (Lipinski definition) is 5. The summed E-state index contributed by atoms with van der Waals surface area (Å²) in [6, 6.07) is 0. The summed E-state index contributed by atoms with van der Waals surface area (Å²) in [6.07, 6.45) is 2.71. The van der Waals surface area contributed by atoms with Crippen LogP contribution in [0.3, 0.4) is 0 Å². The van der Waals surface area contributed by atoms with Gasteiger partial charge >= 0.3 is 0 Å². The molecule has 0 saturated carbocycles. The lowest BCUT2D eigenvalue weighted by molar-refractivity contribution is -0.120. The van der Waals surface area contributed by atoms with Gasteiger partial charge in [-0.3, -0.25) is 9.79 Å². The predicted octanol–water partition coefficient (Wildman–Crippen LogP) is 0.540. The minimum atomic E-state index is -0.0921. The summed E-state index contributed by atoms with van der Waals surface area (Å²) < 4.78 is 4.86. The molecular weight excluding hydrogens is 417 g/mol. The standard InChI is InChI=1S/C13H23N5O2S.HI/c1-10-8-17-12(21-10)4-5-16-13(14-2)18-9-11(19)15-6-7-20-3;/h8H,4-7,9H2,1-3H3,(H,15,19)(H2,14,16,18);1H. The third-order valence-corrected chi connectivity index (χ3v) is 3.54. The summed E-state index contributed by atoms with van der Waals surface area (Å²) in [6.45, 7) is 3.95. The van der Waals surface area contributed by atoms with Crippen LogP contribution in [0.2, 0.25) is 0 Å². The maximum absolute atomic E-state index is 11.5. The average molecular weight is 441 g/mol. The molecular formula is C13H24IN5O2S. The van der Waals surface area contributed by atoms with Gasteiger partial charge in [-0.25, -0.2) is 4.98 Å². The first kappa shape index (κ1) is 21.1. The Morgan fingerprint density at radius 3 is 2.73 bits per heavy atom. The van der Waals surface area contributed by atoms with Crippen LogP contribution in [0.4, 0.5) is 0 Å². The molecule has 9 heteroatoms. The minimum absolute atomic E-state index is 0. The number of rotatable bonds is 8. The number of amides is 1. The topological polar surface area (TPSA) is 87.6 Å². The van der Waals surface area contributed by atoms with Crippen molar-refractivity contribution < 1.29 is 9.53 Å². The lowest BCUT2D eigenvalue weighted by atomic mass is 10.4. The van der Waals surface area contributed by atoms with Crippen molar-refractivity contribution in [2.24, 2.45) is 4.99 Å². The Balaban J connectivity index is 0.00000441. The Hall–Kier alpha value is -0.940. The predicted molar refractivity (Wildman–Crippen MR) is 100 cm³/mol. The van der Waals surface area contributed by atoms with Gasteiger partial charge in [0.05, 0.1) is 18.2 Å². The van der Waals surface area contributed by atoms with Crippen molar-refractivity contribution in [3.8, 4) is 0 Å². The maximum Gasteiger partial charge on any atom is 0.239 e. The van der Waals surface area contributed by atoms with Crippen molar-refractivity contribution in [2.45, 2.75) is 13.3 Å². The number of methoxy groups -OCH3 is 1. The molecule has 0 aliphatic heterocycles. The largest absolute Gasteiger partial charge is 0.383 e. The Kier molecular flexibility index (Phi) is 12.1. The molecule has 1 heterocycles. The summed E-state index contributed by atoms with van der Waals surface area (Å²) in [5, 5.41) is 9.93. The zero-order valence-electron chi connectivity index (χ0n) is 13.1. The van der Waals surface area contributed by atoms with Gasteiger partial charge in [0.1, 0.15) is 0 Å². The van der Waals surface area contributed by atoms with E-state index >= 15 is 0 Å². The fraction of sp³-hybridized carbons (Fsp3) is 0.615. The van der Waals surface area contributed by atoms with Gasteiger partial charge < -0.3 is 20.7 Å². The normalized spacial score (nSPS) is 10.8. The molecule has 0 aliphatic carbocycles. The molecule has 0 aromatic carbocycles. The SMILES string of the molecule is CN=C(NCCc1ncc(C)s1)NCC(=O)NCCOC.I. The number of aryl methyl sites for hydroxylation is 1. The quantitative estimate of drug-likeness (QED) is 0.237. The Labute approximate surface area is 152 Å². The van der Waals surface area contributed by atoms with E-state index < -0.39 is 0 Å². The van der Waals surface area contributed by atoms with Crippen LogP contribution in [0.5, 0.6) is 0 Å². The number of hydrogen-bond donors (Lipinski definition) is 3. The number of nitrogens with zero attached hydrogens (tertiary/aromatic N) is 2. The van der Waals surface area contributed by atoms with Gasteiger partial charge in [-0.15, -0.1) is 35.3 Å². The molecule has 22 heavy (non-hydrogen) atoms. The molecule has 0 aliphatic rings. The van der Waals surface area contributed by atoms with Gasteiger partial charge in [-0.05, 0) is 6.92 Å². The van der Waals surface area contributed by atoms with Crippen molar-refractivity contribution in [1.29, 1.82) is 0 Å². The molecule has 7 nitrogen and oxygen atoms in total. The van der Waals surface area contributed by atoms with Crippen molar-refractivity contribution in [3.63, 3.8) is 0 Å². The van der Waals surface area contributed by atoms with E-state index in [1.165, 1.54) is 4.88 Å². The molecule has 0 bridgehead atoms. The second kappa shape index (κ2) is 12.6. The van der Waals surface area contributed by atoms with Crippen molar-refractivity contribution >= 4 is 47.2 Å². The first-order chi connectivity index (χ1) is 10.2. The van der Waals surface area contributed by atoms with Crippen LogP contribution in [0, 0.1) is 6.92 Å². The van der Waals surface area contributed by atoms with Crippen LogP contribution < -0.4 is 16.0 Å². The monoisotopic (exact) mass is 441 g/mol. The summed E-state index contributed by atoms with van der Waals surface area (Å²) >= 11 is 1.69. The maximum atomic E-state index is 11.5. The van der Waals surface area contributed by atoms with Crippen LogP contribution in [-0.2, 0) is 16.0 Å². The minimum Gasteiger partial charge on any atom is -0.383 e. The number of guanidine groups is 1. The highest BCUT2D eigenvalue weighted by atomic mass is 127. The van der Waals surface area contributed by atoms with Crippen molar-refractivity contribution in [2.75, 3.05) is 40.4 Å². The van der Waals surface area contributed by atoms with Gasteiger partial charge in [0.15, 0.2) is 5.96 Å². The highest BCUT2D eigenvalue weighted by Gasteiger charge is 2.03. The highest BCUT2D eigenvalue weighted by molar-refractivity contribution is 14.0. The number of carbonyl (C=O) groups excluding carboxylic acids is 1. The van der Waals surface area contributed by atoms with E-state index in [1.54, 1.807) is 25.5 Å². The van der Waals surface area contributed by atoms with Crippen LogP contribution >= 0.6 is 35.3 Å². The van der Waals surface area contributed by atoms with E-state index in [0.29, 0.717) is 19.1 Å². The number of aliphatic imine (C=N–C) groups is 1. The highest BCUT2D eigenvalue weighted by Crippen LogP contribution is 2.10. The van der Waals surface area contributed by atoms with Crippen LogP contribution in [-0.4, -0.2) is 57.2 Å². The molecule has 0 unspecified atom stereocenters. The van der Waals surface area contributed by atoms with Crippen LogP contribution in [0.1, 0.15) is 9.88 Å². The van der Waals surface area contributed by atoms with E-state index in [0.717, 1.165) is 18.0 Å². The number of ether oxygens (including phenoxy) is 1. The molecule has 0 spiro atoms. The van der Waals surface area contributed by atoms with Gasteiger partial charge in [0, 0.05) is 44.7 Å². The van der Waals surface area contributed by atoms with E-state index in [4.69, 9.17) is 4.74 Å². The number of thiazole rings is 1. The molecule has 1 aromatic heterocycles. The van der Waals surface area contributed by atoms with Gasteiger partial charge in [0.2, 0.25) is 5.91 Å². The van der Waals surface area contributed by atoms with E-state index in [1.807, 2.05) is 13.1 Å². The number of aromatic nitrogens is 1. The molecule has 1 amide bonds. The molecule has 0 atom stereocenters. The van der Waals surface area contributed by atoms with Gasteiger partial charge in [-0.2, -0.15) is 0 Å². The smallest absolute Gasteiger partial charge is 0.239 e. The summed E-state index contributed by atoms with van der Waals surface area (Å²) in [5.41, 5.74) is 0. The van der Waals surface area contributed by atoms with E-state index in [2.05, 4.69) is 25.9 Å². The third kappa shape index (κ3) is 9.15. The third-order valence-electron chi connectivity index (χ3n) is 2.57. The van der Waals surface area contributed by atoms with Crippen molar-refractivity contribution in [1.82, 2.24) is 20.9 Å². The molecule has 0 saturated heterocycles. The number of halogens is 1. The summed E-state index contributed by atoms with van der Waals surface area (Å²) in [5.74, 6) is 0.510. The van der Waals surface area contributed by atoms with Crippen molar-refractivity contribution in [3.05, 3.63) is 16.1 Å². The zero-order chi connectivity index (χ0) is 15.5. The van der Waals surface area contributed by atoms with Crippen LogP contribution in [0.25, 0.3) is 0 Å². The molecule has 1 aromatic rings. The Morgan fingerprint density at radius 2 is 2.14 bits per heavy atom. The number of nitrogens with one attached hydrogen (secondary N) is 3. The Bertz CT molecular complexity index is 467. The molecule has 126 valence electrons. The first-order valence-electron chi connectivity index (χ1n) is 6.77. The second-order valence-electron chi connectivity index (χ2n) is 4.31. The first-order valence-corrected chi connectivity index (χ1v) is 7.58. The fourth-order valence-electron chi connectivity index (χ4n) is 1.54. The van der Waals surface area contributed by atoms with Gasteiger partial charge in [0.25, 0.3) is 0 Å². The molecule has 0 radical (unpaired) electrons. The average Bonchev–Trinajstić information content (AvgIpc) is 2.88. The lowest BCUT2D eigenvalue weighted by Crippen LogP contribution is -2.44. The molecule has 1 rings (SSSR count). The summed E-state index contributed by atoms with van der Waals surface area (Å²) in [7, 11) is 3.27. The molecule has 0 fully saturated rings. The Morgan fingerprint density at radius 1 is 1.36 bits per heavy atom. The van der Waals surface area contributed by atoms with E-state index in [-0.39, 0.29) is 36.4 Å². The lowest BCUT2D eigenvalue weighted by Gasteiger charge is -2.11. The second-order valence-corrected chi connectivity index (χ2v) is 5.63.